The summed E-state index contributed by atoms with van der Waals surface area (Å²) in [5.74, 6) is 0. The van der Waals surface area contributed by atoms with Gasteiger partial charge in [-0.1, -0.05) is 12.1 Å². The molecule has 108 valence electrons. The van der Waals surface area contributed by atoms with E-state index in [1.807, 2.05) is 26.0 Å². The van der Waals surface area contributed by atoms with Crippen LogP contribution in [-0.2, 0) is 10.0 Å². The van der Waals surface area contributed by atoms with Crippen LogP contribution >= 0.6 is 12.4 Å². The molecule has 0 spiro atoms. The molecule has 1 aliphatic heterocycles. The van der Waals surface area contributed by atoms with Crippen molar-refractivity contribution in [3.05, 3.63) is 29.3 Å². The molecule has 2 rings (SSSR count). The first-order valence-corrected chi connectivity index (χ1v) is 7.78. The number of hydrogen-bond acceptors (Lipinski definition) is 3. The summed E-state index contributed by atoms with van der Waals surface area (Å²) in [6.45, 7) is 5.17. The summed E-state index contributed by atoms with van der Waals surface area (Å²) in [5, 5.41) is 3.28. The fraction of sp³-hybridized carbons (Fsp3) is 0.538. The van der Waals surface area contributed by atoms with Crippen molar-refractivity contribution in [1.29, 1.82) is 0 Å². The van der Waals surface area contributed by atoms with Gasteiger partial charge in [0.2, 0.25) is 10.0 Å². The van der Waals surface area contributed by atoms with E-state index >= 15 is 0 Å². The number of nitrogens with one attached hydrogen (secondary N) is 2. The van der Waals surface area contributed by atoms with Gasteiger partial charge in [-0.15, -0.1) is 12.4 Å². The second-order valence-electron chi connectivity index (χ2n) is 4.91. The van der Waals surface area contributed by atoms with E-state index in [0.717, 1.165) is 30.5 Å². The minimum Gasteiger partial charge on any atom is -0.313 e. The van der Waals surface area contributed by atoms with Crippen LogP contribution in [0.4, 0.5) is 0 Å². The Morgan fingerprint density at radius 1 is 1.37 bits per heavy atom. The molecule has 1 aromatic rings. The zero-order valence-electron chi connectivity index (χ0n) is 11.3. The summed E-state index contributed by atoms with van der Waals surface area (Å²) in [5.41, 5.74) is 1.74. The Balaban J connectivity index is 0.00000180. The van der Waals surface area contributed by atoms with E-state index in [1.165, 1.54) is 0 Å². The van der Waals surface area contributed by atoms with Crippen LogP contribution in [0.3, 0.4) is 0 Å². The number of hydrogen-bond donors (Lipinski definition) is 2. The molecule has 1 unspecified atom stereocenters. The molecule has 0 bridgehead atoms. The molecule has 1 aromatic carbocycles. The lowest BCUT2D eigenvalue weighted by Gasteiger charge is -2.13. The first kappa shape index (κ1) is 16.4. The molecule has 2 N–H and O–H groups in total. The van der Waals surface area contributed by atoms with Crippen molar-refractivity contribution in [2.45, 2.75) is 37.6 Å². The molecule has 0 amide bonds. The zero-order chi connectivity index (χ0) is 13.2. The second kappa shape index (κ2) is 6.70. The minimum absolute atomic E-state index is 0. The first-order valence-electron chi connectivity index (χ1n) is 6.29. The van der Waals surface area contributed by atoms with Crippen LogP contribution in [0.25, 0.3) is 0 Å². The minimum atomic E-state index is -3.39. The van der Waals surface area contributed by atoms with Gasteiger partial charge >= 0.3 is 0 Å². The Morgan fingerprint density at radius 3 is 2.74 bits per heavy atom. The number of sulfonamides is 1. The van der Waals surface area contributed by atoms with Crippen LogP contribution in [0.2, 0.25) is 0 Å². The Bertz CT molecular complexity index is 525. The van der Waals surface area contributed by atoms with Gasteiger partial charge in [-0.25, -0.2) is 13.1 Å². The Morgan fingerprint density at radius 2 is 2.11 bits per heavy atom. The van der Waals surface area contributed by atoms with Gasteiger partial charge in [-0.2, -0.15) is 0 Å². The van der Waals surface area contributed by atoms with E-state index < -0.39 is 10.0 Å². The van der Waals surface area contributed by atoms with Crippen molar-refractivity contribution in [2.75, 3.05) is 13.1 Å². The van der Waals surface area contributed by atoms with Crippen LogP contribution in [0.15, 0.2) is 23.1 Å². The lowest BCUT2D eigenvalue weighted by atomic mass is 10.2. The fourth-order valence-electron chi connectivity index (χ4n) is 2.22. The predicted molar refractivity (Wildman–Crippen MR) is 79.4 cm³/mol. The molecule has 0 radical (unpaired) electrons. The van der Waals surface area contributed by atoms with Crippen molar-refractivity contribution < 1.29 is 8.42 Å². The molecule has 0 saturated carbocycles. The molecule has 1 aliphatic rings. The van der Waals surface area contributed by atoms with Crippen molar-refractivity contribution in [1.82, 2.24) is 10.0 Å². The molecule has 19 heavy (non-hydrogen) atoms. The van der Waals surface area contributed by atoms with Crippen molar-refractivity contribution in [3.63, 3.8) is 0 Å². The fourth-order valence-corrected chi connectivity index (χ4v) is 3.62. The first-order chi connectivity index (χ1) is 8.49. The summed E-state index contributed by atoms with van der Waals surface area (Å²) in [4.78, 5) is 0.389. The highest BCUT2D eigenvalue weighted by Gasteiger charge is 2.20. The van der Waals surface area contributed by atoms with Gasteiger partial charge in [0.05, 0.1) is 4.90 Å². The summed E-state index contributed by atoms with van der Waals surface area (Å²) < 4.78 is 27.1. The molecule has 1 fully saturated rings. The van der Waals surface area contributed by atoms with Crippen LogP contribution < -0.4 is 10.0 Å². The van der Waals surface area contributed by atoms with Gasteiger partial charge < -0.3 is 5.32 Å². The number of benzene rings is 1. The summed E-state index contributed by atoms with van der Waals surface area (Å²) in [6, 6.07) is 5.76. The average molecular weight is 305 g/mol. The third kappa shape index (κ3) is 4.18. The van der Waals surface area contributed by atoms with E-state index in [2.05, 4.69) is 10.0 Å². The Hall–Kier alpha value is -0.620. The van der Waals surface area contributed by atoms with Gasteiger partial charge in [-0.05, 0) is 50.4 Å². The van der Waals surface area contributed by atoms with E-state index in [9.17, 15) is 8.42 Å². The van der Waals surface area contributed by atoms with Gasteiger partial charge in [-0.3, -0.25) is 0 Å². The van der Waals surface area contributed by atoms with Crippen LogP contribution in [0.1, 0.15) is 24.0 Å². The van der Waals surface area contributed by atoms with Crippen molar-refractivity contribution in [2.24, 2.45) is 0 Å². The molecule has 1 atom stereocenters. The monoisotopic (exact) mass is 304 g/mol. The topological polar surface area (TPSA) is 58.2 Å². The highest BCUT2D eigenvalue weighted by molar-refractivity contribution is 7.89. The van der Waals surface area contributed by atoms with E-state index in [-0.39, 0.29) is 18.4 Å². The van der Waals surface area contributed by atoms with Crippen LogP contribution in [-0.4, -0.2) is 27.5 Å². The highest BCUT2D eigenvalue weighted by Crippen LogP contribution is 2.16. The standard InChI is InChI=1S/C13H20N2O2S.ClH/c1-10-5-6-11(2)13(8-10)18(16,17)15-9-12-4-3-7-14-12;/h5-6,8,12,14-15H,3-4,7,9H2,1-2H3;1H. The second-order valence-corrected chi connectivity index (χ2v) is 6.65. The number of rotatable bonds is 4. The Kier molecular flexibility index (Phi) is 5.80. The lowest BCUT2D eigenvalue weighted by Crippen LogP contribution is -2.37. The van der Waals surface area contributed by atoms with Crippen molar-refractivity contribution >= 4 is 22.4 Å². The van der Waals surface area contributed by atoms with Gasteiger partial charge in [0.25, 0.3) is 0 Å². The van der Waals surface area contributed by atoms with Crippen LogP contribution in [0, 0.1) is 13.8 Å². The largest absolute Gasteiger partial charge is 0.313 e. The normalized spacial score (nSPS) is 19.2. The Labute approximate surface area is 121 Å². The molecule has 4 nitrogen and oxygen atoms in total. The van der Waals surface area contributed by atoms with Gasteiger partial charge in [0.15, 0.2) is 0 Å². The SMILES string of the molecule is Cc1ccc(C)c(S(=O)(=O)NCC2CCCN2)c1.Cl. The maximum atomic E-state index is 12.2. The van der Waals surface area contributed by atoms with E-state index in [4.69, 9.17) is 0 Å². The molecule has 0 aromatic heterocycles. The summed E-state index contributed by atoms with van der Waals surface area (Å²) >= 11 is 0. The average Bonchev–Trinajstić information content (AvgIpc) is 2.83. The number of aryl methyl sites for hydroxylation is 2. The third-order valence-electron chi connectivity index (χ3n) is 3.32. The molecular weight excluding hydrogens is 284 g/mol. The molecule has 1 heterocycles. The summed E-state index contributed by atoms with van der Waals surface area (Å²) in [7, 11) is -3.39. The lowest BCUT2D eigenvalue weighted by molar-refractivity contribution is 0.551. The smallest absolute Gasteiger partial charge is 0.240 e. The number of halogens is 1. The maximum Gasteiger partial charge on any atom is 0.240 e. The molecule has 1 saturated heterocycles. The van der Waals surface area contributed by atoms with Crippen molar-refractivity contribution in [3.8, 4) is 0 Å². The molecule has 0 aliphatic carbocycles. The van der Waals surface area contributed by atoms with E-state index in [0.29, 0.717) is 11.4 Å². The van der Waals surface area contributed by atoms with Gasteiger partial charge in [0, 0.05) is 12.6 Å². The zero-order valence-corrected chi connectivity index (χ0v) is 12.9. The third-order valence-corrected chi connectivity index (χ3v) is 4.88. The quantitative estimate of drug-likeness (QED) is 0.891. The summed E-state index contributed by atoms with van der Waals surface area (Å²) in [6.07, 6.45) is 2.16. The maximum absolute atomic E-state index is 12.2. The van der Waals surface area contributed by atoms with E-state index in [1.54, 1.807) is 6.07 Å². The predicted octanol–water partition coefficient (Wildman–Crippen LogP) is 1.76. The molecular formula is C13H21ClN2O2S. The highest BCUT2D eigenvalue weighted by atomic mass is 35.5. The molecule has 6 heteroatoms. The van der Waals surface area contributed by atoms with Gasteiger partial charge in [0.1, 0.15) is 0 Å². The van der Waals surface area contributed by atoms with Crippen LogP contribution in [0.5, 0.6) is 0 Å².